The van der Waals surface area contributed by atoms with Crippen molar-refractivity contribution in [2.45, 2.75) is 18.6 Å². The van der Waals surface area contributed by atoms with Crippen LogP contribution in [0.3, 0.4) is 0 Å². The third-order valence-corrected chi connectivity index (χ3v) is 1.73. The highest BCUT2D eigenvalue weighted by molar-refractivity contribution is 7.73. The summed E-state index contributed by atoms with van der Waals surface area (Å²) in [4.78, 5) is 0. The van der Waals surface area contributed by atoms with Gasteiger partial charge in [0.25, 0.3) is 0 Å². The van der Waals surface area contributed by atoms with Crippen molar-refractivity contribution in [3.05, 3.63) is 6.92 Å². The van der Waals surface area contributed by atoms with Gasteiger partial charge in [-0.05, 0) is 13.3 Å². The zero-order chi connectivity index (χ0) is 5.86. The van der Waals surface area contributed by atoms with Gasteiger partial charge in [0, 0.05) is 0 Å². The summed E-state index contributed by atoms with van der Waals surface area (Å²) in [6, 6.07) is 0. The smallest absolute Gasteiger partial charge is 0.142 e. The van der Waals surface area contributed by atoms with Crippen molar-refractivity contribution in [3.63, 3.8) is 0 Å². The molecule has 0 heterocycles. The summed E-state index contributed by atoms with van der Waals surface area (Å²) >= 11 is 0. The number of hydrogen-bond donors (Lipinski definition) is 1. The number of thiol groups is 1. The van der Waals surface area contributed by atoms with Crippen molar-refractivity contribution in [2.75, 3.05) is 0 Å². The third kappa shape index (κ3) is 2.62. The van der Waals surface area contributed by atoms with E-state index in [1.54, 1.807) is 6.92 Å². The topological polar surface area (TPSA) is 34.1 Å². The van der Waals surface area contributed by atoms with Gasteiger partial charge in [0.2, 0.25) is 0 Å². The third-order valence-electron chi connectivity index (χ3n) is 0.769. The van der Waals surface area contributed by atoms with E-state index in [2.05, 4.69) is 6.92 Å². The molecule has 0 rings (SSSR count). The van der Waals surface area contributed by atoms with E-state index >= 15 is 0 Å². The molecule has 43 valence electrons. The molecule has 0 aromatic carbocycles. The molecule has 0 saturated heterocycles. The summed E-state index contributed by atoms with van der Waals surface area (Å²) in [5, 5.41) is -0.394. The van der Waals surface area contributed by atoms with Crippen molar-refractivity contribution in [3.8, 4) is 0 Å². The minimum atomic E-state index is -2.27. The van der Waals surface area contributed by atoms with Gasteiger partial charge in [-0.15, -0.1) is 0 Å². The minimum absolute atomic E-state index is 0.394. The van der Waals surface area contributed by atoms with Crippen LogP contribution >= 0.6 is 0 Å². The van der Waals surface area contributed by atoms with Crippen LogP contribution in [0.5, 0.6) is 0 Å². The predicted octanol–water partition coefficient (Wildman–Crippen LogP) is 0.210. The molecule has 0 aliphatic rings. The second-order valence-corrected chi connectivity index (χ2v) is 2.65. The highest BCUT2D eigenvalue weighted by Crippen LogP contribution is 1.89. The molecule has 1 atom stereocenters. The molecular formula is C4H9O2S. The number of hydrogen-bond acceptors (Lipinski definition) is 2. The van der Waals surface area contributed by atoms with Crippen molar-refractivity contribution in [2.24, 2.45) is 0 Å². The Bertz CT molecular complexity index is 98.3. The van der Waals surface area contributed by atoms with E-state index in [0.717, 1.165) is 0 Å². The second-order valence-electron chi connectivity index (χ2n) is 1.35. The average molecular weight is 121 g/mol. The molecular weight excluding hydrogens is 112 g/mol. The van der Waals surface area contributed by atoms with Crippen LogP contribution in [0.1, 0.15) is 13.3 Å². The van der Waals surface area contributed by atoms with Gasteiger partial charge in [0.15, 0.2) is 0 Å². The van der Waals surface area contributed by atoms with Gasteiger partial charge < -0.3 is 0 Å². The Balaban J connectivity index is 3.57. The van der Waals surface area contributed by atoms with Crippen molar-refractivity contribution >= 4 is 10.7 Å². The van der Waals surface area contributed by atoms with Gasteiger partial charge in [0.1, 0.15) is 10.7 Å². The molecule has 2 nitrogen and oxygen atoms in total. The van der Waals surface area contributed by atoms with E-state index < -0.39 is 16.0 Å². The molecule has 0 aromatic rings. The Labute approximate surface area is 45.5 Å². The van der Waals surface area contributed by atoms with Crippen molar-refractivity contribution in [1.29, 1.82) is 0 Å². The normalized spacial score (nSPS) is 14.7. The maximum Gasteiger partial charge on any atom is 0.142 e. The quantitative estimate of drug-likeness (QED) is 0.530. The molecule has 1 radical (unpaired) electrons. The summed E-state index contributed by atoms with van der Waals surface area (Å²) in [5.74, 6) is 0. The Morgan fingerprint density at radius 3 is 2.14 bits per heavy atom. The summed E-state index contributed by atoms with van der Waals surface area (Å²) in [5.41, 5.74) is 0. The van der Waals surface area contributed by atoms with Crippen molar-refractivity contribution < 1.29 is 8.42 Å². The lowest BCUT2D eigenvalue weighted by Gasteiger charge is -1.91. The predicted molar refractivity (Wildman–Crippen MR) is 29.8 cm³/mol. The van der Waals surface area contributed by atoms with Crippen LogP contribution in [0.25, 0.3) is 0 Å². The maximum atomic E-state index is 9.90. The molecule has 3 heteroatoms. The van der Waals surface area contributed by atoms with Crippen LogP contribution in [-0.2, 0) is 10.7 Å². The molecule has 0 N–H and O–H groups in total. The van der Waals surface area contributed by atoms with Gasteiger partial charge in [-0.25, -0.2) is 8.42 Å². The van der Waals surface area contributed by atoms with Crippen LogP contribution in [-0.4, -0.2) is 13.7 Å². The molecule has 0 amide bonds. The molecule has 0 bridgehead atoms. The molecule has 1 unspecified atom stereocenters. The number of rotatable bonds is 2. The standard InChI is InChI=1S/C4H9O2S/c1-3-4(2)7(5)6/h4,7H,2-3H2,1H3. The lowest BCUT2D eigenvalue weighted by atomic mass is 10.4. The van der Waals surface area contributed by atoms with Gasteiger partial charge >= 0.3 is 0 Å². The first-order valence-electron chi connectivity index (χ1n) is 2.15. The molecule has 0 fully saturated rings. The first-order valence-corrected chi connectivity index (χ1v) is 3.39. The molecule has 0 aromatic heterocycles. The second kappa shape index (κ2) is 3.02. The first kappa shape index (κ1) is 6.95. The molecule has 0 aliphatic carbocycles. The molecule has 0 saturated carbocycles. The maximum absolute atomic E-state index is 9.90. The van der Waals surface area contributed by atoms with E-state index in [-0.39, 0.29) is 0 Å². The zero-order valence-electron chi connectivity index (χ0n) is 4.26. The Morgan fingerprint density at radius 2 is 2.14 bits per heavy atom. The lowest BCUT2D eigenvalue weighted by molar-refractivity contribution is 0.605. The Kier molecular flexibility index (Phi) is 3.00. The van der Waals surface area contributed by atoms with Crippen LogP contribution in [0, 0.1) is 6.92 Å². The van der Waals surface area contributed by atoms with E-state index in [1.165, 1.54) is 0 Å². The van der Waals surface area contributed by atoms with E-state index in [9.17, 15) is 8.42 Å². The first-order chi connectivity index (χ1) is 3.18. The minimum Gasteiger partial charge on any atom is -0.232 e. The SMILES string of the molecule is [CH2]C(CC)[SH](=O)=O. The summed E-state index contributed by atoms with van der Waals surface area (Å²) in [7, 11) is -2.27. The monoisotopic (exact) mass is 121 g/mol. The van der Waals surface area contributed by atoms with Crippen LogP contribution < -0.4 is 0 Å². The fraction of sp³-hybridized carbons (Fsp3) is 0.750. The zero-order valence-corrected chi connectivity index (χ0v) is 5.15. The van der Waals surface area contributed by atoms with Crippen molar-refractivity contribution in [1.82, 2.24) is 0 Å². The largest absolute Gasteiger partial charge is 0.232 e. The summed E-state index contributed by atoms with van der Waals surface area (Å²) < 4.78 is 19.8. The Morgan fingerprint density at radius 1 is 1.71 bits per heavy atom. The van der Waals surface area contributed by atoms with E-state index in [0.29, 0.717) is 6.42 Å². The fourth-order valence-electron chi connectivity index (χ4n) is 0.149. The van der Waals surface area contributed by atoms with Gasteiger partial charge in [-0.1, -0.05) is 6.92 Å². The van der Waals surface area contributed by atoms with Gasteiger partial charge in [-0.2, -0.15) is 0 Å². The summed E-state index contributed by atoms with van der Waals surface area (Å²) in [6.07, 6.45) is 0.610. The van der Waals surface area contributed by atoms with E-state index in [4.69, 9.17) is 0 Å². The van der Waals surface area contributed by atoms with E-state index in [1.807, 2.05) is 0 Å². The van der Waals surface area contributed by atoms with Crippen LogP contribution in [0.4, 0.5) is 0 Å². The van der Waals surface area contributed by atoms with Crippen LogP contribution in [0.2, 0.25) is 0 Å². The van der Waals surface area contributed by atoms with Crippen LogP contribution in [0.15, 0.2) is 0 Å². The van der Waals surface area contributed by atoms with Gasteiger partial charge in [0.05, 0.1) is 5.25 Å². The Hall–Kier alpha value is -0.0500. The molecule has 0 aliphatic heterocycles. The highest BCUT2D eigenvalue weighted by atomic mass is 32.2. The summed E-state index contributed by atoms with van der Waals surface area (Å²) in [6.45, 7) is 5.15. The average Bonchev–Trinajstić information content (AvgIpc) is 1.65. The lowest BCUT2D eigenvalue weighted by Crippen LogP contribution is -2.00. The fourth-order valence-corrected chi connectivity index (χ4v) is 0.447. The van der Waals surface area contributed by atoms with Gasteiger partial charge in [-0.3, -0.25) is 0 Å². The molecule has 0 spiro atoms. The molecule has 7 heavy (non-hydrogen) atoms. The highest BCUT2D eigenvalue weighted by Gasteiger charge is 1.96.